The summed E-state index contributed by atoms with van der Waals surface area (Å²) in [6.07, 6.45) is 5.24. The summed E-state index contributed by atoms with van der Waals surface area (Å²) in [6.45, 7) is 3.84. The van der Waals surface area contributed by atoms with Crippen LogP contribution < -0.4 is 0 Å². The van der Waals surface area contributed by atoms with Crippen molar-refractivity contribution in [3.8, 4) is 0 Å². The van der Waals surface area contributed by atoms with Crippen LogP contribution in [0.3, 0.4) is 0 Å². The summed E-state index contributed by atoms with van der Waals surface area (Å²) in [7, 11) is 0. The van der Waals surface area contributed by atoms with Crippen molar-refractivity contribution in [3.63, 3.8) is 0 Å². The summed E-state index contributed by atoms with van der Waals surface area (Å²) in [5, 5.41) is 11.5. The standard InChI is InChI=1S/C9H11N3O/c1-9(2)7(6-8(10)13-9)12-5-3-4-11-12/h3-6,10H,1-2H3. The van der Waals surface area contributed by atoms with Crippen molar-refractivity contribution in [1.29, 1.82) is 5.41 Å². The van der Waals surface area contributed by atoms with Gasteiger partial charge in [0.1, 0.15) is 5.60 Å². The fraction of sp³-hybridized carbons (Fsp3) is 0.333. The van der Waals surface area contributed by atoms with Crippen LogP contribution in [0.25, 0.3) is 5.70 Å². The Morgan fingerprint density at radius 1 is 1.54 bits per heavy atom. The van der Waals surface area contributed by atoms with Crippen LogP contribution in [0, 0.1) is 5.41 Å². The van der Waals surface area contributed by atoms with Crippen LogP contribution in [-0.4, -0.2) is 21.3 Å². The van der Waals surface area contributed by atoms with E-state index in [1.807, 2.05) is 26.1 Å². The van der Waals surface area contributed by atoms with Gasteiger partial charge in [-0.15, -0.1) is 0 Å². The van der Waals surface area contributed by atoms with Gasteiger partial charge in [-0.25, -0.2) is 4.68 Å². The molecule has 0 fully saturated rings. The third-order valence-electron chi connectivity index (χ3n) is 2.00. The van der Waals surface area contributed by atoms with E-state index in [1.165, 1.54) is 0 Å². The zero-order valence-corrected chi connectivity index (χ0v) is 7.61. The second-order valence-corrected chi connectivity index (χ2v) is 3.46. The number of ether oxygens (including phenoxy) is 1. The highest BCUT2D eigenvalue weighted by atomic mass is 16.5. The molecular formula is C9H11N3O. The minimum absolute atomic E-state index is 0.190. The second kappa shape index (κ2) is 2.45. The molecule has 1 aromatic heterocycles. The Morgan fingerprint density at radius 2 is 2.31 bits per heavy atom. The molecule has 0 atom stereocenters. The summed E-state index contributed by atoms with van der Waals surface area (Å²) in [6, 6.07) is 1.85. The van der Waals surface area contributed by atoms with Crippen molar-refractivity contribution in [3.05, 3.63) is 24.5 Å². The van der Waals surface area contributed by atoms with Crippen LogP contribution in [0.4, 0.5) is 0 Å². The fourth-order valence-electron chi connectivity index (χ4n) is 1.41. The summed E-state index contributed by atoms with van der Waals surface area (Å²) in [4.78, 5) is 0. The topological polar surface area (TPSA) is 50.9 Å². The molecule has 13 heavy (non-hydrogen) atoms. The Morgan fingerprint density at radius 3 is 2.77 bits per heavy atom. The van der Waals surface area contributed by atoms with Gasteiger partial charge < -0.3 is 4.74 Å². The molecule has 1 aromatic rings. The Balaban J connectivity index is 2.44. The first-order chi connectivity index (χ1) is 6.09. The lowest BCUT2D eigenvalue weighted by Gasteiger charge is -2.21. The first kappa shape index (κ1) is 8.04. The molecule has 0 aliphatic carbocycles. The molecule has 4 nitrogen and oxygen atoms in total. The lowest BCUT2D eigenvalue weighted by Crippen LogP contribution is -2.25. The van der Waals surface area contributed by atoms with Crippen LogP contribution in [0.2, 0.25) is 0 Å². The quantitative estimate of drug-likeness (QED) is 0.706. The van der Waals surface area contributed by atoms with E-state index < -0.39 is 5.60 Å². The minimum Gasteiger partial charge on any atom is -0.465 e. The van der Waals surface area contributed by atoms with Gasteiger partial charge in [-0.2, -0.15) is 5.10 Å². The van der Waals surface area contributed by atoms with Gasteiger partial charge in [0.25, 0.3) is 0 Å². The average Bonchev–Trinajstić information content (AvgIpc) is 2.56. The highest BCUT2D eigenvalue weighted by molar-refractivity contribution is 5.96. The van der Waals surface area contributed by atoms with Crippen molar-refractivity contribution in [2.75, 3.05) is 0 Å². The van der Waals surface area contributed by atoms with E-state index in [0.717, 1.165) is 5.70 Å². The number of hydrogen-bond donors (Lipinski definition) is 1. The molecule has 0 bridgehead atoms. The first-order valence-corrected chi connectivity index (χ1v) is 4.09. The van der Waals surface area contributed by atoms with Gasteiger partial charge in [0.15, 0.2) is 0 Å². The first-order valence-electron chi connectivity index (χ1n) is 4.09. The monoisotopic (exact) mass is 177 g/mol. The van der Waals surface area contributed by atoms with E-state index in [1.54, 1.807) is 17.0 Å². The third kappa shape index (κ3) is 1.24. The van der Waals surface area contributed by atoms with Crippen molar-refractivity contribution >= 4 is 11.6 Å². The van der Waals surface area contributed by atoms with Crippen LogP contribution >= 0.6 is 0 Å². The van der Waals surface area contributed by atoms with Gasteiger partial charge >= 0.3 is 0 Å². The Kier molecular flexibility index (Phi) is 1.52. The molecule has 68 valence electrons. The maximum absolute atomic E-state index is 7.40. The normalized spacial score (nSPS) is 19.8. The molecule has 0 aromatic carbocycles. The molecule has 0 spiro atoms. The smallest absolute Gasteiger partial charge is 0.208 e. The number of nitrogens with zero attached hydrogens (tertiary/aromatic N) is 2. The summed E-state index contributed by atoms with van der Waals surface area (Å²) in [5.41, 5.74) is 0.436. The van der Waals surface area contributed by atoms with Gasteiger partial charge in [0, 0.05) is 18.5 Å². The zero-order valence-electron chi connectivity index (χ0n) is 7.61. The van der Waals surface area contributed by atoms with Gasteiger partial charge in [-0.1, -0.05) is 0 Å². The number of hydrogen-bond acceptors (Lipinski definition) is 3. The molecule has 1 N–H and O–H groups in total. The summed E-state index contributed by atoms with van der Waals surface area (Å²) >= 11 is 0. The van der Waals surface area contributed by atoms with Gasteiger partial charge in [0.05, 0.1) is 5.70 Å². The van der Waals surface area contributed by atoms with E-state index in [-0.39, 0.29) is 5.90 Å². The molecule has 0 amide bonds. The molecular weight excluding hydrogens is 166 g/mol. The Labute approximate surface area is 76.3 Å². The van der Waals surface area contributed by atoms with E-state index in [0.29, 0.717) is 0 Å². The molecule has 4 heteroatoms. The molecule has 1 aliphatic heterocycles. The largest absolute Gasteiger partial charge is 0.465 e. The molecule has 2 rings (SSSR count). The molecule has 0 saturated heterocycles. The Bertz CT molecular complexity index is 362. The fourth-order valence-corrected chi connectivity index (χ4v) is 1.41. The van der Waals surface area contributed by atoms with E-state index in [2.05, 4.69) is 5.10 Å². The average molecular weight is 177 g/mol. The molecule has 0 saturated carbocycles. The maximum Gasteiger partial charge on any atom is 0.208 e. The van der Waals surface area contributed by atoms with Crippen LogP contribution in [0.1, 0.15) is 13.8 Å². The Hall–Kier alpha value is -1.58. The third-order valence-corrected chi connectivity index (χ3v) is 2.00. The molecule has 0 unspecified atom stereocenters. The van der Waals surface area contributed by atoms with Crippen LogP contribution in [0.5, 0.6) is 0 Å². The van der Waals surface area contributed by atoms with Crippen molar-refractivity contribution in [2.24, 2.45) is 0 Å². The molecule has 1 aliphatic rings. The predicted octanol–water partition coefficient (Wildman–Crippen LogP) is 1.51. The van der Waals surface area contributed by atoms with E-state index >= 15 is 0 Å². The van der Waals surface area contributed by atoms with E-state index in [4.69, 9.17) is 10.1 Å². The minimum atomic E-state index is -0.455. The number of nitrogens with one attached hydrogen (secondary N) is 1. The van der Waals surface area contributed by atoms with Crippen LogP contribution in [-0.2, 0) is 4.74 Å². The molecule has 2 heterocycles. The van der Waals surface area contributed by atoms with Gasteiger partial charge in [-0.05, 0) is 19.9 Å². The van der Waals surface area contributed by atoms with Crippen molar-refractivity contribution < 1.29 is 4.74 Å². The zero-order chi connectivity index (χ0) is 9.47. The van der Waals surface area contributed by atoms with Crippen molar-refractivity contribution in [1.82, 2.24) is 9.78 Å². The van der Waals surface area contributed by atoms with Crippen LogP contribution in [0.15, 0.2) is 24.5 Å². The summed E-state index contributed by atoms with van der Waals surface area (Å²) in [5.74, 6) is 0.190. The predicted molar refractivity (Wildman–Crippen MR) is 49.4 cm³/mol. The molecule has 0 radical (unpaired) electrons. The van der Waals surface area contributed by atoms with Crippen molar-refractivity contribution in [2.45, 2.75) is 19.4 Å². The second-order valence-electron chi connectivity index (χ2n) is 3.46. The highest BCUT2D eigenvalue weighted by Crippen LogP contribution is 2.30. The lowest BCUT2D eigenvalue weighted by molar-refractivity contribution is 0.163. The lowest BCUT2D eigenvalue weighted by atomic mass is 10.1. The van der Waals surface area contributed by atoms with Gasteiger partial charge in [0.2, 0.25) is 5.90 Å². The number of aromatic nitrogens is 2. The summed E-state index contributed by atoms with van der Waals surface area (Å²) < 4.78 is 7.04. The van der Waals surface area contributed by atoms with Gasteiger partial charge in [-0.3, -0.25) is 5.41 Å². The van der Waals surface area contributed by atoms with E-state index in [9.17, 15) is 0 Å². The maximum atomic E-state index is 7.40. The number of rotatable bonds is 1. The highest BCUT2D eigenvalue weighted by Gasteiger charge is 2.33. The SMILES string of the molecule is CC1(C)OC(=N)C=C1n1cccn1.